The maximum Gasteiger partial charge on any atom is 0.257 e. The van der Waals surface area contributed by atoms with Gasteiger partial charge < -0.3 is 19.4 Å². The number of aromatic nitrogens is 3. The predicted molar refractivity (Wildman–Crippen MR) is 173 cm³/mol. The Morgan fingerprint density at radius 3 is 2.44 bits per heavy atom. The first-order valence-electron chi connectivity index (χ1n) is 15.8. The number of amides is 2. The molecule has 232 valence electrons. The minimum Gasteiger partial charge on any atom is -0.492 e. The van der Waals surface area contributed by atoms with E-state index in [4.69, 9.17) is 9.72 Å². The van der Waals surface area contributed by atoms with Gasteiger partial charge in [-0.15, -0.1) is 0 Å². The summed E-state index contributed by atoms with van der Waals surface area (Å²) in [5, 5.41) is 0. The second kappa shape index (κ2) is 13.9. The van der Waals surface area contributed by atoms with E-state index in [1.165, 1.54) is 0 Å². The fourth-order valence-corrected chi connectivity index (χ4v) is 6.40. The third kappa shape index (κ3) is 7.30. The summed E-state index contributed by atoms with van der Waals surface area (Å²) in [6, 6.07) is 23.3. The lowest BCUT2D eigenvalue weighted by molar-refractivity contribution is 0.0363. The third-order valence-corrected chi connectivity index (χ3v) is 9.03. The molecule has 1 spiro atoms. The topological polar surface area (TPSA) is 91.8 Å². The van der Waals surface area contributed by atoms with Gasteiger partial charge in [0.15, 0.2) is 0 Å². The molecule has 2 aliphatic rings. The number of hydrogen-bond donors (Lipinski definition) is 0. The number of carbonyl (C=O) groups is 2. The van der Waals surface area contributed by atoms with Gasteiger partial charge in [-0.25, -0.2) is 9.97 Å². The molecule has 0 radical (unpaired) electrons. The van der Waals surface area contributed by atoms with Crippen molar-refractivity contribution in [1.29, 1.82) is 0 Å². The number of anilines is 1. The Bertz CT molecular complexity index is 1590. The number of nitrogens with zero attached hydrogens (tertiary/aromatic N) is 6. The smallest absolute Gasteiger partial charge is 0.257 e. The van der Waals surface area contributed by atoms with E-state index >= 15 is 0 Å². The van der Waals surface area contributed by atoms with Gasteiger partial charge in [0.1, 0.15) is 17.4 Å². The highest BCUT2D eigenvalue weighted by atomic mass is 16.5. The largest absolute Gasteiger partial charge is 0.492 e. The summed E-state index contributed by atoms with van der Waals surface area (Å²) in [5.41, 5.74) is 2.12. The highest BCUT2D eigenvalue weighted by Gasteiger charge is 2.37. The number of aryl methyl sites for hydroxylation is 1. The number of carbonyl (C=O) groups excluding carboxylic acids is 2. The molecule has 9 nitrogen and oxygen atoms in total. The molecule has 2 aromatic carbocycles. The quantitative estimate of drug-likeness (QED) is 0.307. The van der Waals surface area contributed by atoms with Gasteiger partial charge in [-0.1, -0.05) is 42.5 Å². The van der Waals surface area contributed by atoms with Crippen molar-refractivity contribution in [3.05, 3.63) is 114 Å². The van der Waals surface area contributed by atoms with E-state index < -0.39 is 0 Å². The molecule has 0 saturated carbocycles. The zero-order valence-electron chi connectivity index (χ0n) is 25.8. The molecule has 4 aromatic rings. The molecule has 0 unspecified atom stereocenters. The normalized spacial score (nSPS) is 17.4. The monoisotopic (exact) mass is 604 g/mol. The predicted octanol–water partition coefficient (Wildman–Crippen LogP) is 5.42. The summed E-state index contributed by atoms with van der Waals surface area (Å²) in [4.78, 5) is 46.7. The van der Waals surface area contributed by atoms with E-state index in [2.05, 4.69) is 27.0 Å². The van der Waals surface area contributed by atoms with Crippen LogP contribution in [0.5, 0.6) is 5.75 Å². The van der Waals surface area contributed by atoms with Crippen molar-refractivity contribution in [2.24, 2.45) is 5.41 Å². The van der Waals surface area contributed by atoms with E-state index in [1.54, 1.807) is 24.7 Å². The SMILES string of the molecule is Cc1nccc(N2CCCC3(CCN(C(=O)c4cccnc4)CC3)COc3ccccc3C(=O)N(Cc3ccccc3)CC2)n1. The summed E-state index contributed by atoms with van der Waals surface area (Å²) >= 11 is 0. The molecule has 0 aliphatic carbocycles. The molecule has 4 heterocycles. The number of hydrogen-bond acceptors (Lipinski definition) is 7. The maximum atomic E-state index is 14.2. The molecule has 1 fully saturated rings. The van der Waals surface area contributed by atoms with Crippen LogP contribution in [0.3, 0.4) is 0 Å². The number of pyridine rings is 1. The lowest BCUT2D eigenvalue weighted by atomic mass is 9.75. The van der Waals surface area contributed by atoms with Crippen LogP contribution in [0, 0.1) is 12.3 Å². The number of para-hydroxylation sites is 1. The fourth-order valence-electron chi connectivity index (χ4n) is 6.40. The Morgan fingerprint density at radius 2 is 1.67 bits per heavy atom. The van der Waals surface area contributed by atoms with Gasteiger partial charge in [-0.3, -0.25) is 14.6 Å². The molecular weight excluding hydrogens is 564 g/mol. The minimum atomic E-state index is -0.132. The van der Waals surface area contributed by atoms with Crippen LogP contribution in [0.4, 0.5) is 5.82 Å². The van der Waals surface area contributed by atoms with Crippen LogP contribution in [0.1, 0.15) is 57.8 Å². The van der Waals surface area contributed by atoms with E-state index in [-0.39, 0.29) is 17.2 Å². The summed E-state index contributed by atoms with van der Waals surface area (Å²) in [6.07, 6.45) is 8.62. The first-order valence-corrected chi connectivity index (χ1v) is 15.8. The van der Waals surface area contributed by atoms with E-state index in [0.717, 1.165) is 49.4 Å². The van der Waals surface area contributed by atoms with Gasteiger partial charge >= 0.3 is 0 Å². The molecule has 9 heteroatoms. The van der Waals surface area contributed by atoms with Crippen LogP contribution >= 0.6 is 0 Å². The Morgan fingerprint density at radius 1 is 0.867 bits per heavy atom. The van der Waals surface area contributed by atoms with Gasteiger partial charge in [0.2, 0.25) is 0 Å². The Balaban J connectivity index is 1.28. The molecule has 0 bridgehead atoms. The van der Waals surface area contributed by atoms with Crippen molar-refractivity contribution < 1.29 is 14.3 Å². The van der Waals surface area contributed by atoms with Crippen molar-refractivity contribution in [1.82, 2.24) is 24.8 Å². The van der Waals surface area contributed by atoms with Gasteiger partial charge in [0.25, 0.3) is 11.8 Å². The molecule has 1 saturated heterocycles. The summed E-state index contributed by atoms with van der Waals surface area (Å²) in [6.45, 7) is 6.14. The zero-order valence-corrected chi connectivity index (χ0v) is 25.8. The number of piperidine rings is 1. The molecule has 2 aliphatic heterocycles. The average molecular weight is 605 g/mol. The second-order valence-corrected chi connectivity index (χ2v) is 12.1. The van der Waals surface area contributed by atoms with Crippen LogP contribution in [-0.2, 0) is 6.54 Å². The van der Waals surface area contributed by atoms with E-state index in [9.17, 15) is 9.59 Å². The number of rotatable bonds is 4. The Kier molecular flexibility index (Phi) is 9.33. The maximum absolute atomic E-state index is 14.2. The van der Waals surface area contributed by atoms with Crippen LogP contribution in [-0.4, -0.2) is 75.9 Å². The molecule has 0 atom stereocenters. The summed E-state index contributed by atoms with van der Waals surface area (Å²) in [5.74, 6) is 2.15. The van der Waals surface area contributed by atoms with Crippen LogP contribution in [0.25, 0.3) is 0 Å². The number of fused-ring (bicyclic) bond motifs is 1. The minimum absolute atomic E-state index is 0.0169. The molecule has 2 amide bonds. The highest BCUT2D eigenvalue weighted by molar-refractivity contribution is 5.97. The first-order chi connectivity index (χ1) is 22.0. The molecule has 0 N–H and O–H groups in total. The van der Waals surface area contributed by atoms with E-state index in [1.807, 2.05) is 71.3 Å². The van der Waals surface area contributed by atoms with Crippen LogP contribution < -0.4 is 9.64 Å². The van der Waals surface area contributed by atoms with Gasteiger partial charge in [-0.2, -0.15) is 0 Å². The first kappa shape index (κ1) is 30.2. The average Bonchev–Trinajstić information content (AvgIpc) is 3.09. The number of ether oxygens (including phenoxy) is 1. The lowest BCUT2D eigenvalue weighted by Gasteiger charge is -2.42. The number of benzene rings is 2. The van der Waals surface area contributed by atoms with E-state index in [0.29, 0.717) is 56.2 Å². The zero-order chi connectivity index (χ0) is 31.1. The fraction of sp³-hybridized carbons (Fsp3) is 0.361. The third-order valence-electron chi connectivity index (χ3n) is 9.03. The molecule has 45 heavy (non-hydrogen) atoms. The van der Waals surface area contributed by atoms with Crippen molar-refractivity contribution >= 4 is 17.6 Å². The summed E-state index contributed by atoms with van der Waals surface area (Å²) < 4.78 is 6.58. The molecule has 2 aromatic heterocycles. The van der Waals surface area contributed by atoms with Crippen molar-refractivity contribution in [2.75, 3.05) is 44.2 Å². The van der Waals surface area contributed by atoms with Crippen molar-refractivity contribution in [2.45, 2.75) is 39.2 Å². The van der Waals surface area contributed by atoms with Gasteiger partial charge in [0.05, 0.1) is 17.7 Å². The summed E-state index contributed by atoms with van der Waals surface area (Å²) in [7, 11) is 0. The van der Waals surface area contributed by atoms with Gasteiger partial charge in [-0.05, 0) is 68.5 Å². The van der Waals surface area contributed by atoms with Gasteiger partial charge in [0, 0.05) is 63.3 Å². The second-order valence-electron chi connectivity index (χ2n) is 12.1. The molecular formula is C36H40N6O3. The van der Waals surface area contributed by atoms with Crippen LogP contribution in [0.15, 0.2) is 91.4 Å². The standard InChI is InChI=1S/C36H40N6O3/c1-28-38-19-14-33(39-28)40-20-8-15-36(16-21-41(22-17-36)34(43)30-11-7-18-37-25-30)27-45-32-13-6-5-12-31(32)35(44)42(24-23-40)26-29-9-3-2-4-10-29/h2-7,9-14,18-19,25H,8,15-17,20-24,26-27H2,1H3. The Hall–Kier alpha value is -4.79. The molecule has 6 rings (SSSR count). The van der Waals surface area contributed by atoms with Crippen molar-refractivity contribution in [3.63, 3.8) is 0 Å². The van der Waals surface area contributed by atoms with Crippen molar-refractivity contribution in [3.8, 4) is 5.75 Å². The highest BCUT2D eigenvalue weighted by Crippen LogP contribution is 2.38. The van der Waals surface area contributed by atoms with Crippen LogP contribution in [0.2, 0.25) is 0 Å². The number of likely N-dealkylation sites (tertiary alicyclic amines) is 1. The Labute approximate surface area is 264 Å². The lowest BCUT2D eigenvalue weighted by Crippen LogP contribution is -2.46.